The van der Waals surface area contributed by atoms with Crippen molar-refractivity contribution in [3.8, 4) is 0 Å². The van der Waals surface area contributed by atoms with Crippen molar-refractivity contribution < 1.29 is 4.79 Å². The molecule has 0 radical (unpaired) electrons. The lowest BCUT2D eigenvalue weighted by atomic mass is 10.1. The molecule has 1 nitrogen and oxygen atoms in total. The van der Waals surface area contributed by atoms with E-state index in [1.165, 1.54) is 0 Å². The molecule has 0 aliphatic rings. The SMILES string of the molecule is CC(=O)c1cccc(C=CC(C)C)c1. The number of Topliss-reactive ketones (excluding diaryl/α,β-unsaturated/α-hetero) is 1. The molecule has 0 atom stereocenters. The van der Waals surface area contributed by atoms with Crippen LogP contribution in [0.4, 0.5) is 0 Å². The van der Waals surface area contributed by atoms with E-state index in [1.54, 1.807) is 6.92 Å². The minimum absolute atomic E-state index is 0.116. The molecule has 0 N–H and O–H groups in total. The lowest BCUT2D eigenvalue weighted by Crippen LogP contribution is -1.91. The summed E-state index contributed by atoms with van der Waals surface area (Å²) in [5.74, 6) is 0.654. The molecule has 0 aliphatic heterocycles. The summed E-state index contributed by atoms with van der Waals surface area (Å²) in [5.41, 5.74) is 1.86. The summed E-state index contributed by atoms with van der Waals surface area (Å²) >= 11 is 0. The van der Waals surface area contributed by atoms with Crippen molar-refractivity contribution in [1.82, 2.24) is 0 Å². The first-order valence-electron chi connectivity index (χ1n) is 4.89. The number of carbonyl (C=O) groups excluding carboxylic acids is 1. The van der Waals surface area contributed by atoms with Gasteiger partial charge in [-0.3, -0.25) is 4.79 Å². The van der Waals surface area contributed by atoms with Crippen LogP contribution in [0.5, 0.6) is 0 Å². The van der Waals surface area contributed by atoms with E-state index in [0.717, 1.165) is 11.1 Å². The Hall–Kier alpha value is -1.37. The Kier molecular flexibility index (Phi) is 3.63. The Balaban J connectivity index is 2.89. The molecule has 0 spiro atoms. The molecule has 0 amide bonds. The van der Waals surface area contributed by atoms with Crippen molar-refractivity contribution in [2.45, 2.75) is 20.8 Å². The highest BCUT2D eigenvalue weighted by atomic mass is 16.1. The van der Waals surface area contributed by atoms with Crippen LogP contribution in [0.1, 0.15) is 36.7 Å². The van der Waals surface area contributed by atoms with Gasteiger partial charge in [-0.05, 0) is 24.5 Å². The summed E-state index contributed by atoms with van der Waals surface area (Å²) in [6, 6.07) is 7.68. The third kappa shape index (κ3) is 3.17. The Labute approximate surface area is 85.5 Å². The first-order valence-corrected chi connectivity index (χ1v) is 4.89. The molecule has 0 saturated carbocycles. The first-order chi connectivity index (χ1) is 6.59. The quantitative estimate of drug-likeness (QED) is 0.663. The number of hydrogen-bond acceptors (Lipinski definition) is 1. The zero-order valence-corrected chi connectivity index (χ0v) is 8.95. The Morgan fingerprint density at radius 1 is 1.36 bits per heavy atom. The summed E-state index contributed by atoms with van der Waals surface area (Å²) in [6.07, 6.45) is 4.18. The number of carbonyl (C=O) groups is 1. The van der Waals surface area contributed by atoms with E-state index in [0.29, 0.717) is 5.92 Å². The highest BCUT2D eigenvalue weighted by Gasteiger charge is 1.97. The van der Waals surface area contributed by atoms with Crippen LogP contribution in [0.25, 0.3) is 6.08 Å². The molecule has 0 fully saturated rings. The van der Waals surface area contributed by atoms with Crippen molar-refractivity contribution in [3.05, 3.63) is 41.5 Å². The van der Waals surface area contributed by atoms with Crippen LogP contribution in [-0.2, 0) is 0 Å². The lowest BCUT2D eigenvalue weighted by Gasteiger charge is -1.98. The molecular weight excluding hydrogens is 172 g/mol. The van der Waals surface area contributed by atoms with Gasteiger partial charge in [0.1, 0.15) is 0 Å². The summed E-state index contributed by atoms with van der Waals surface area (Å²) in [7, 11) is 0. The van der Waals surface area contributed by atoms with Crippen LogP contribution in [0.3, 0.4) is 0 Å². The number of ketones is 1. The average Bonchev–Trinajstić information content (AvgIpc) is 2.15. The summed E-state index contributed by atoms with van der Waals surface area (Å²) in [5, 5.41) is 0. The summed E-state index contributed by atoms with van der Waals surface area (Å²) in [4.78, 5) is 11.1. The Bertz CT molecular complexity index is 348. The predicted octanol–water partition coefficient (Wildman–Crippen LogP) is 3.56. The number of benzene rings is 1. The van der Waals surface area contributed by atoms with Crippen molar-refractivity contribution in [2.75, 3.05) is 0 Å². The molecule has 1 heteroatoms. The third-order valence-electron chi connectivity index (χ3n) is 1.97. The van der Waals surface area contributed by atoms with Crippen LogP contribution in [0.2, 0.25) is 0 Å². The van der Waals surface area contributed by atoms with Crippen LogP contribution >= 0.6 is 0 Å². The molecule has 0 aliphatic carbocycles. The molecule has 1 aromatic rings. The average molecular weight is 188 g/mol. The lowest BCUT2D eigenvalue weighted by molar-refractivity contribution is 0.101. The van der Waals surface area contributed by atoms with Gasteiger partial charge in [0.05, 0.1) is 0 Å². The van der Waals surface area contributed by atoms with Crippen LogP contribution < -0.4 is 0 Å². The van der Waals surface area contributed by atoms with Gasteiger partial charge >= 0.3 is 0 Å². The Morgan fingerprint density at radius 2 is 2.07 bits per heavy atom. The van der Waals surface area contributed by atoms with E-state index in [2.05, 4.69) is 26.0 Å². The number of rotatable bonds is 3. The van der Waals surface area contributed by atoms with Crippen molar-refractivity contribution in [2.24, 2.45) is 5.92 Å². The minimum atomic E-state index is 0.116. The Morgan fingerprint density at radius 3 is 2.64 bits per heavy atom. The van der Waals surface area contributed by atoms with E-state index >= 15 is 0 Å². The highest BCUT2D eigenvalue weighted by Crippen LogP contribution is 2.09. The van der Waals surface area contributed by atoms with Crippen molar-refractivity contribution in [3.63, 3.8) is 0 Å². The maximum absolute atomic E-state index is 11.1. The highest BCUT2D eigenvalue weighted by molar-refractivity contribution is 5.94. The van der Waals surface area contributed by atoms with Gasteiger partial charge in [0, 0.05) is 5.56 Å². The molecule has 0 aromatic heterocycles. The third-order valence-corrected chi connectivity index (χ3v) is 1.97. The van der Waals surface area contributed by atoms with Gasteiger partial charge in [-0.25, -0.2) is 0 Å². The standard InChI is InChI=1S/C13H16O/c1-10(2)7-8-12-5-4-6-13(9-12)11(3)14/h4-10H,1-3H3. The molecule has 1 rings (SSSR count). The largest absolute Gasteiger partial charge is 0.295 e. The second kappa shape index (κ2) is 4.75. The smallest absolute Gasteiger partial charge is 0.159 e. The molecule has 0 saturated heterocycles. The molecule has 0 heterocycles. The van der Waals surface area contributed by atoms with Gasteiger partial charge in [-0.1, -0.05) is 44.2 Å². The number of allylic oxidation sites excluding steroid dienone is 1. The zero-order chi connectivity index (χ0) is 10.6. The monoisotopic (exact) mass is 188 g/mol. The topological polar surface area (TPSA) is 17.1 Å². The van der Waals surface area contributed by atoms with E-state index < -0.39 is 0 Å². The van der Waals surface area contributed by atoms with Crippen LogP contribution in [0.15, 0.2) is 30.3 Å². The van der Waals surface area contributed by atoms with E-state index in [1.807, 2.05) is 24.3 Å². The number of hydrogen-bond donors (Lipinski definition) is 0. The first kappa shape index (κ1) is 10.7. The van der Waals surface area contributed by atoms with Gasteiger partial charge < -0.3 is 0 Å². The predicted molar refractivity (Wildman–Crippen MR) is 60.3 cm³/mol. The van der Waals surface area contributed by atoms with Crippen molar-refractivity contribution in [1.29, 1.82) is 0 Å². The molecule has 0 unspecified atom stereocenters. The van der Waals surface area contributed by atoms with Gasteiger partial charge in [-0.2, -0.15) is 0 Å². The maximum atomic E-state index is 11.1. The molecule has 1 aromatic carbocycles. The summed E-state index contributed by atoms with van der Waals surface area (Å²) in [6.45, 7) is 5.85. The van der Waals surface area contributed by atoms with E-state index in [4.69, 9.17) is 0 Å². The zero-order valence-electron chi connectivity index (χ0n) is 8.95. The van der Waals surface area contributed by atoms with Crippen LogP contribution in [-0.4, -0.2) is 5.78 Å². The van der Waals surface area contributed by atoms with Gasteiger partial charge in [0.25, 0.3) is 0 Å². The second-order valence-corrected chi connectivity index (χ2v) is 3.78. The summed E-state index contributed by atoms with van der Waals surface area (Å²) < 4.78 is 0. The van der Waals surface area contributed by atoms with Crippen LogP contribution in [0, 0.1) is 5.92 Å². The second-order valence-electron chi connectivity index (χ2n) is 3.78. The fraction of sp³-hybridized carbons (Fsp3) is 0.308. The molecule has 0 bridgehead atoms. The molecule has 74 valence electrons. The minimum Gasteiger partial charge on any atom is -0.295 e. The normalized spacial score (nSPS) is 11.1. The van der Waals surface area contributed by atoms with E-state index in [9.17, 15) is 4.79 Å². The van der Waals surface area contributed by atoms with Crippen molar-refractivity contribution >= 4 is 11.9 Å². The fourth-order valence-corrected chi connectivity index (χ4v) is 1.16. The van der Waals surface area contributed by atoms with E-state index in [-0.39, 0.29) is 5.78 Å². The molecule has 14 heavy (non-hydrogen) atoms. The maximum Gasteiger partial charge on any atom is 0.159 e. The van der Waals surface area contributed by atoms with Gasteiger partial charge in [0.2, 0.25) is 0 Å². The molecular formula is C13H16O. The fourth-order valence-electron chi connectivity index (χ4n) is 1.16. The van der Waals surface area contributed by atoms with Gasteiger partial charge in [-0.15, -0.1) is 0 Å². The van der Waals surface area contributed by atoms with Gasteiger partial charge in [0.15, 0.2) is 5.78 Å².